The summed E-state index contributed by atoms with van der Waals surface area (Å²) in [5.41, 5.74) is 2.53. The van der Waals surface area contributed by atoms with Crippen LogP contribution in [0.4, 0.5) is 10.6 Å². The summed E-state index contributed by atoms with van der Waals surface area (Å²) in [6.07, 6.45) is 6.27. The molecule has 0 saturated carbocycles. The SMILES string of the molecule is O=C(NC1CN(c2ncnc3c2CCCC3)C1)N1CCOCC1. The molecular weight excluding hydrogens is 294 g/mol. The first-order valence-electron chi connectivity index (χ1n) is 8.52. The van der Waals surface area contributed by atoms with Crippen molar-refractivity contribution in [1.82, 2.24) is 20.2 Å². The molecule has 4 rings (SSSR count). The fourth-order valence-corrected chi connectivity index (χ4v) is 3.55. The summed E-state index contributed by atoms with van der Waals surface area (Å²) in [5, 5.41) is 3.11. The summed E-state index contributed by atoms with van der Waals surface area (Å²) in [5.74, 6) is 1.08. The minimum atomic E-state index is 0.0302. The maximum absolute atomic E-state index is 12.2. The molecule has 1 aromatic rings. The van der Waals surface area contributed by atoms with E-state index in [0.29, 0.717) is 26.3 Å². The van der Waals surface area contributed by atoms with Gasteiger partial charge in [-0.2, -0.15) is 0 Å². The number of anilines is 1. The summed E-state index contributed by atoms with van der Waals surface area (Å²) in [6, 6.07) is 0.238. The van der Waals surface area contributed by atoms with Gasteiger partial charge in [0.1, 0.15) is 12.1 Å². The normalized spacial score (nSPS) is 21.6. The lowest BCUT2D eigenvalue weighted by atomic mass is 9.95. The molecule has 1 aromatic heterocycles. The molecule has 0 atom stereocenters. The Morgan fingerprint density at radius 3 is 2.78 bits per heavy atom. The first-order chi connectivity index (χ1) is 11.3. The van der Waals surface area contributed by atoms with Crippen LogP contribution in [0.15, 0.2) is 6.33 Å². The zero-order valence-electron chi connectivity index (χ0n) is 13.3. The second-order valence-electron chi connectivity index (χ2n) is 6.48. The van der Waals surface area contributed by atoms with Gasteiger partial charge in [0.15, 0.2) is 0 Å². The quantitative estimate of drug-likeness (QED) is 0.864. The molecule has 2 fully saturated rings. The second-order valence-corrected chi connectivity index (χ2v) is 6.48. The number of fused-ring (bicyclic) bond motifs is 1. The smallest absolute Gasteiger partial charge is 0.317 e. The Balaban J connectivity index is 1.34. The Morgan fingerprint density at radius 2 is 1.96 bits per heavy atom. The van der Waals surface area contributed by atoms with Gasteiger partial charge >= 0.3 is 6.03 Å². The van der Waals surface area contributed by atoms with E-state index in [9.17, 15) is 4.79 Å². The van der Waals surface area contributed by atoms with Gasteiger partial charge in [0.2, 0.25) is 0 Å². The van der Waals surface area contributed by atoms with Gasteiger partial charge in [-0.1, -0.05) is 0 Å². The van der Waals surface area contributed by atoms with Crippen LogP contribution in [-0.2, 0) is 17.6 Å². The van der Waals surface area contributed by atoms with Gasteiger partial charge in [-0.3, -0.25) is 0 Å². The van der Waals surface area contributed by atoms with Crippen molar-refractivity contribution in [3.8, 4) is 0 Å². The minimum Gasteiger partial charge on any atom is -0.378 e. The van der Waals surface area contributed by atoms with Crippen LogP contribution in [0.1, 0.15) is 24.1 Å². The molecule has 0 bridgehead atoms. The van der Waals surface area contributed by atoms with Crippen LogP contribution in [0.25, 0.3) is 0 Å². The van der Waals surface area contributed by atoms with Crippen LogP contribution in [0, 0.1) is 0 Å². The number of rotatable bonds is 2. The van der Waals surface area contributed by atoms with Gasteiger partial charge in [-0.05, 0) is 25.7 Å². The maximum atomic E-state index is 12.2. The van der Waals surface area contributed by atoms with Gasteiger partial charge < -0.3 is 19.9 Å². The van der Waals surface area contributed by atoms with Crippen molar-refractivity contribution in [3.63, 3.8) is 0 Å². The number of carbonyl (C=O) groups excluding carboxylic acids is 1. The molecule has 1 N–H and O–H groups in total. The Labute approximate surface area is 136 Å². The molecule has 0 spiro atoms. The van der Waals surface area contributed by atoms with E-state index in [1.165, 1.54) is 24.1 Å². The molecule has 0 aromatic carbocycles. The highest BCUT2D eigenvalue weighted by Crippen LogP contribution is 2.29. The molecule has 7 nitrogen and oxygen atoms in total. The fourth-order valence-electron chi connectivity index (χ4n) is 3.55. The molecular formula is C16H23N5O2. The third kappa shape index (κ3) is 2.97. The maximum Gasteiger partial charge on any atom is 0.317 e. The highest BCUT2D eigenvalue weighted by atomic mass is 16.5. The number of carbonyl (C=O) groups is 1. The van der Waals surface area contributed by atoms with E-state index in [-0.39, 0.29) is 12.1 Å². The van der Waals surface area contributed by atoms with Gasteiger partial charge in [0, 0.05) is 37.4 Å². The molecule has 0 unspecified atom stereocenters. The third-order valence-corrected chi connectivity index (χ3v) is 4.91. The lowest BCUT2D eigenvalue weighted by Gasteiger charge is -2.42. The summed E-state index contributed by atoms with van der Waals surface area (Å²) >= 11 is 0. The van der Waals surface area contributed by atoms with Gasteiger partial charge in [-0.15, -0.1) is 0 Å². The fraction of sp³-hybridized carbons (Fsp3) is 0.688. The van der Waals surface area contributed by atoms with E-state index in [1.807, 2.05) is 4.90 Å². The molecule has 7 heteroatoms. The molecule has 2 aliphatic heterocycles. The zero-order chi connectivity index (χ0) is 15.6. The number of hydrogen-bond donors (Lipinski definition) is 1. The number of ether oxygens (including phenoxy) is 1. The van der Waals surface area contributed by atoms with Crippen LogP contribution in [-0.4, -0.2) is 66.3 Å². The second kappa shape index (κ2) is 6.31. The summed E-state index contributed by atoms with van der Waals surface area (Å²) in [4.78, 5) is 25.2. The van der Waals surface area contributed by atoms with Gasteiger partial charge in [-0.25, -0.2) is 14.8 Å². The number of nitrogens with one attached hydrogen (secondary N) is 1. The Morgan fingerprint density at radius 1 is 1.17 bits per heavy atom. The molecule has 2 saturated heterocycles. The highest BCUT2D eigenvalue weighted by Gasteiger charge is 2.32. The highest BCUT2D eigenvalue weighted by molar-refractivity contribution is 5.75. The van der Waals surface area contributed by atoms with Crippen molar-refractivity contribution >= 4 is 11.8 Å². The number of morpholine rings is 1. The van der Waals surface area contributed by atoms with Crippen molar-refractivity contribution < 1.29 is 9.53 Å². The first kappa shape index (κ1) is 14.7. The van der Waals surface area contributed by atoms with Crippen molar-refractivity contribution in [2.75, 3.05) is 44.3 Å². The monoisotopic (exact) mass is 317 g/mol. The van der Waals surface area contributed by atoms with Crippen LogP contribution in [0.2, 0.25) is 0 Å². The zero-order valence-corrected chi connectivity index (χ0v) is 13.3. The molecule has 23 heavy (non-hydrogen) atoms. The Kier molecular flexibility index (Phi) is 4.03. The molecule has 2 amide bonds. The van der Waals surface area contributed by atoms with E-state index in [2.05, 4.69) is 20.2 Å². The van der Waals surface area contributed by atoms with Gasteiger partial charge in [0.05, 0.1) is 19.3 Å². The number of hydrogen-bond acceptors (Lipinski definition) is 5. The van der Waals surface area contributed by atoms with Crippen LogP contribution < -0.4 is 10.2 Å². The number of amides is 2. The average molecular weight is 317 g/mol. The summed E-state index contributed by atoms with van der Waals surface area (Å²) in [7, 11) is 0. The molecule has 0 radical (unpaired) electrons. The molecule has 3 heterocycles. The molecule has 124 valence electrons. The number of aromatic nitrogens is 2. The van der Waals surface area contributed by atoms with Crippen LogP contribution >= 0.6 is 0 Å². The van der Waals surface area contributed by atoms with Crippen LogP contribution in [0.3, 0.4) is 0 Å². The van der Waals surface area contributed by atoms with E-state index < -0.39 is 0 Å². The summed E-state index contributed by atoms with van der Waals surface area (Å²) in [6.45, 7) is 4.30. The number of nitrogens with zero attached hydrogens (tertiary/aromatic N) is 4. The average Bonchev–Trinajstić information content (AvgIpc) is 2.58. The lowest BCUT2D eigenvalue weighted by Crippen LogP contribution is -2.62. The minimum absolute atomic E-state index is 0.0302. The Hall–Kier alpha value is -1.89. The summed E-state index contributed by atoms with van der Waals surface area (Å²) < 4.78 is 5.28. The third-order valence-electron chi connectivity index (χ3n) is 4.91. The molecule has 3 aliphatic rings. The molecule has 1 aliphatic carbocycles. The number of urea groups is 1. The van der Waals surface area contributed by atoms with Crippen molar-refractivity contribution in [2.45, 2.75) is 31.7 Å². The van der Waals surface area contributed by atoms with Crippen molar-refractivity contribution in [3.05, 3.63) is 17.6 Å². The predicted molar refractivity (Wildman–Crippen MR) is 85.6 cm³/mol. The standard InChI is InChI=1S/C16H23N5O2/c22-16(20-5-7-23-8-6-20)19-12-9-21(10-12)15-13-3-1-2-4-14(13)17-11-18-15/h11-12H,1-10H2,(H,19,22). The Bertz CT molecular complexity index is 582. The van der Waals surface area contributed by atoms with E-state index >= 15 is 0 Å². The van der Waals surface area contributed by atoms with E-state index in [4.69, 9.17) is 4.74 Å². The van der Waals surface area contributed by atoms with Crippen molar-refractivity contribution in [1.29, 1.82) is 0 Å². The lowest BCUT2D eigenvalue weighted by molar-refractivity contribution is 0.0522. The van der Waals surface area contributed by atoms with Crippen molar-refractivity contribution in [2.24, 2.45) is 0 Å². The van der Waals surface area contributed by atoms with Gasteiger partial charge in [0.25, 0.3) is 0 Å². The van der Waals surface area contributed by atoms with E-state index in [0.717, 1.165) is 31.7 Å². The first-order valence-corrected chi connectivity index (χ1v) is 8.52. The predicted octanol–water partition coefficient (Wildman–Crippen LogP) is 0.586. The number of aryl methyl sites for hydroxylation is 1. The largest absolute Gasteiger partial charge is 0.378 e. The van der Waals surface area contributed by atoms with E-state index in [1.54, 1.807) is 6.33 Å². The topological polar surface area (TPSA) is 70.6 Å². The van der Waals surface area contributed by atoms with Crippen LogP contribution in [0.5, 0.6) is 0 Å².